The summed E-state index contributed by atoms with van der Waals surface area (Å²) in [4.78, 5) is 8.69. The van der Waals surface area contributed by atoms with Crippen LogP contribution in [0.1, 0.15) is 5.82 Å². The Morgan fingerprint density at radius 1 is 1.92 bits per heavy atom. The topological polar surface area (TPSA) is 39.4 Å². The molecule has 0 aromatic carbocycles. The average Bonchev–Trinajstić information content (AvgIpc) is 2.46. The summed E-state index contributed by atoms with van der Waals surface area (Å²) in [5.74, 6) is 3.03. The lowest BCUT2D eigenvalue weighted by molar-refractivity contribution is 0.181. The van der Waals surface area contributed by atoms with Gasteiger partial charge in [0.05, 0.1) is 0 Å². The summed E-state index contributed by atoms with van der Waals surface area (Å²) in [7, 11) is 1.87. The quantitative estimate of drug-likeness (QED) is 0.280. The van der Waals surface area contributed by atoms with E-state index in [9.17, 15) is 0 Å². The first-order chi connectivity index (χ1) is 5.84. The zero-order chi connectivity index (χ0) is 8.81. The van der Waals surface area contributed by atoms with Crippen molar-refractivity contribution in [1.29, 1.82) is 0 Å². The SMILES string of the molecule is C#CCO/N=C/c1nccn1C. The van der Waals surface area contributed by atoms with Gasteiger partial charge >= 0.3 is 0 Å². The summed E-state index contributed by atoms with van der Waals surface area (Å²) < 4.78 is 1.82. The van der Waals surface area contributed by atoms with Gasteiger partial charge in [0, 0.05) is 19.4 Å². The van der Waals surface area contributed by atoms with Crippen LogP contribution in [-0.4, -0.2) is 22.4 Å². The Morgan fingerprint density at radius 2 is 2.75 bits per heavy atom. The van der Waals surface area contributed by atoms with E-state index in [2.05, 4.69) is 16.1 Å². The van der Waals surface area contributed by atoms with Gasteiger partial charge in [-0.25, -0.2) is 4.98 Å². The highest BCUT2D eigenvalue weighted by atomic mass is 16.6. The van der Waals surface area contributed by atoms with Crippen LogP contribution in [0.3, 0.4) is 0 Å². The third kappa shape index (κ3) is 2.13. The summed E-state index contributed by atoms with van der Waals surface area (Å²) >= 11 is 0. The maximum Gasteiger partial charge on any atom is 0.177 e. The highest BCUT2D eigenvalue weighted by Crippen LogP contribution is 1.89. The van der Waals surface area contributed by atoms with Crippen LogP contribution >= 0.6 is 0 Å². The largest absolute Gasteiger partial charge is 0.383 e. The second-order valence-electron chi connectivity index (χ2n) is 2.11. The fourth-order valence-electron chi connectivity index (χ4n) is 0.660. The highest BCUT2D eigenvalue weighted by molar-refractivity contribution is 5.74. The first kappa shape index (κ1) is 8.34. The van der Waals surface area contributed by atoms with Crippen molar-refractivity contribution in [2.75, 3.05) is 6.61 Å². The Kier molecular flexibility index (Phi) is 2.91. The van der Waals surface area contributed by atoms with Crippen LogP contribution in [0.5, 0.6) is 0 Å². The Bertz CT molecular complexity index is 308. The molecule has 1 aromatic rings. The molecule has 0 unspecified atom stereocenters. The average molecular weight is 163 g/mol. The minimum absolute atomic E-state index is 0.181. The van der Waals surface area contributed by atoms with Crippen LogP contribution in [0, 0.1) is 12.3 Å². The molecule has 0 radical (unpaired) electrons. The molecule has 12 heavy (non-hydrogen) atoms. The molecule has 62 valence electrons. The van der Waals surface area contributed by atoms with Crippen molar-refractivity contribution in [1.82, 2.24) is 9.55 Å². The summed E-state index contributed by atoms with van der Waals surface area (Å²) in [5, 5.41) is 3.61. The fourth-order valence-corrected chi connectivity index (χ4v) is 0.660. The zero-order valence-electron chi connectivity index (χ0n) is 6.77. The van der Waals surface area contributed by atoms with Gasteiger partial charge in [0.25, 0.3) is 0 Å². The van der Waals surface area contributed by atoms with Crippen LogP contribution in [0.15, 0.2) is 17.5 Å². The number of rotatable bonds is 3. The number of imidazole rings is 1. The standard InChI is InChI=1S/C8H9N3O/c1-3-6-12-10-7-8-9-4-5-11(8)2/h1,4-5,7H,6H2,2H3/b10-7+. The van der Waals surface area contributed by atoms with Crippen molar-refractivity contribution < 1.29 is 4.84 Å². The predicted molar refractivity (Wildman–Crippen MR) is 45.6 cm³/mol. The Morgan fingerprint density at radius 3 is 3.33 bits per heavy atom. The second-order valence-corrected chi connectivity index (χ2v) is 2.11. The van der Waals surface area contributed by atoms with Crippen molar-refractivity contribution in [2.24, 2.45) is 12.2 Å². The number of hydrogen-bond donors (Lipinski definition) is 0. The van der Waals surface area contributed by atoms with Crippen LogP contribution in [0.2, 0.25) is 0 Å². The predicted octanol–water partition coefficient (Wildman–Crippen LogP) is 0.404. The summed E-state index contributed by atoms with van der Waals surface area (Å²) in [6.07, 6.45) is 9.96. The van der Waals surface area contributed by atoms with Crippen LogP contribution in [0.25, 0.3) is 0 Å². The van der Waals surface area contributed by atoms with E-state index in [4.69, 9.17) is 11.3 Å². The number of terminal acetylenes is 1. The Labute approximate surface area is 70.9 Å². The molecule has 0 saturated carbocycles. The lowest BCUT2D eigenvalue weighted by atomic mass is 10.7. The number of aromatic nitrogens is 2. The van der Waals surface area contributed by atoms with Gasteiger partial charge in [0.2, 0.25) is 0 Å². The number of nitrogens with zero attached hydrogens (tertiary/aromatic N) is 3. The van der Waals surface area contributed by atoms with Crippen molar-refractivity contribution in [2.45, 2.75) is 0 Å². The molecule has 0 N–H and O–H groups in total. The molecule has 0 bridgehead atoms. The maximum atomic E-state index is 4.95. The third-order valence-electron chi connectivity index (χ3n) is 1.25. The molecule has 0 aliphatic heterocycles. The van der Waals surface area contributed by atoms with Crippen molar-refractivity contribution in [3.05, 3.63) is 18.2 Å². The van der Waals surface area contributed by atoms with Crippen molar-refractivity contribution in [3.8, 4) is 12.3 Å². The molecule has 1 rings (SSSR count). The van der Waals surface area contributed by atoms with E-state index in [1.807, 2.05) is 17.8 Å². The van der Waals surface area contributed by atoms with Gasteiger partial charge in [-0.05, 0) is 0 Å². The summed E-state index contributed by atoms with van der Waals surface area (Å²) in [6.45, 7) is 0.181. The van der Waals surface area contributed by atoms with Gasteiger partial charge in [0.15, 0.2) is 12.4 Å². The third-order valence-corrected chi connectivity index (χ3v) is 1.25. The number of hydrogen-bond acceptors (Lipinski definition) is 3. The van der Waals surface area contributed by atoms with Gasteiger partial charge < -0.3 is 9.40 Å². The number of aryl methyl sites for hydroxylation is 1. The van der Waals surface area contributed by atoms with Gasteiger partial charge in [-0.2, -0.15) is 0 Å². The molecule has 1 aromatic heterocycles. The van der Waals surface area contributed by atoms with Gasteiger partial charge in [-0.15, -0.1) is 6.42 Å². The second kappa shape index (κ2) is 4.19. The molecular weight excluding hydrogens is 154 g/mol. The van der Waals surface area contributed by atoms with E-state index in [1.54, 1.807) is 6.20 Å². The number of oxime groups is 1. The van der Waals surface area contributed by atoms with E-state index in [0.717, 1.165) is 5.82 Å². The van der Waals surface area contributed by atoms with E-state index in [1.165, 1.54) is 6.21 Å². The smallest absolute Gasteiger partial charge is 0.177 e. The maximum absolute atomic E-state index is 4.95. The van der Waals surface area contributed by atoms with E-state index >= 15 is 0 Å². The molecule has 0 aliphatic carbocycles. The fraction of sp³-hybridized carbons (Fsp3) is 0.250. The first-order valence-electron chi connectivity index (χ1n) is 3.40. The van der Waals surface area contributed by atoms with Crippen LogP contribution in [-0.2, 0) is 11.9 Å². The molecule has 4 nitrogen and oxygen atoms in total. The highest BCUT2D eigenvalue weighted by Gasteiger charge is 1.91. The van der Waals surface area contributed by atoms with Crippen LogP contribution in [0.4, 0.5) is 0 Å². The van der Waals surface area contributed by atoms with E-state index in [-0.39, 0.29) is 6.61 Å². The molecule has 0 amide bonds. The minimum atomic E-state index is 0.181. The molecular formula is C8H9N3O. The van der Waals surface area contributed by atoms with E-state index in [0.29, 0.717) is 0 Å². The molecule has 0 aliphatic rings. The van der Waals surface area contributed by atoms with Crippen molar-refractivity contribution in [3.63, 3.8) is 0 Å². The summed E-state index contributed by atoms with van der Waals surface area (Å²) in [5.41, 5.74) is 0. The molecule has 0 atom stereocenters. The monoisotopic (exact) mass is 163 g/mol. The normalized spacial score (nSPS) is 10.0. The van der Waals surface area contributed by atoms with Gasteiger partial charge in [0.1, 0.15) is 6.21 Å². The van der Waals surface area contributed by atoms with Crippen molar-refractivity contribution >= 4 is 6.21 Å². The minimum Gasteiger partial charge on any atom is -0.383 e. The van der Waals surface area contributed by atoms with Gasteiger partial charge in [-0.1, -0.05) is 11.1 Å². The lowest BCUT2D eigenvalue weighted by Gasteiger charge is -1.92. The molecule has 1 heterocycles. The molecule has 4 heteroatoms. The molecule has 0 fully saturated rings. The summed E-state index contributed by atoms with van der Waals surface area (Å²) in [6, 6.07) is 0. The first-order valence-corrected chi connectivity index (χ1v) is 3.40. The van der Waals surface area contributed by atoms with Crippen LogP contribution < -0.4 is 0 Å². The zero-order valence-corrected chi connectivity index (χ0v) is 6.77. The molecule has 0 spiro atoms. The Hall–Kier alpha value is -1.76. The lowest BCUT2D eigenvalue weighted by Crippen LogP contribution is -1.95. The molecule has 0 saturated heterocycles. The van der Waals surface area contributed by atoms with Gasteiger partial charge in [-0.3, -0.25) is 0 Å². The van der Waals surface area contributed by atoms with E-state index < -0.39 is 0 Å². The Balaban J connectivity index is 2.47.